The fraction of sp³-hybridized carbons (Fsp3) is 0.150. The van der Waals surface area contributed by atoms with Gasteiger partial charge in [0, 0.05) is 10.8 Å². The quantitative estimate of drug-likeness (QED) is 0.216. The Morgan fingerprint density at radius 2 is 0.951 bits per heavy atom. The van der Waals surface area contributed by atoms with Crippen molar-refractivity contribution in [2.24, 2.45) is 0 Å². The molecule has 1 nitrogen and oxygen atoms in total. The molecule has 2 heterocycles. The van der Waals surface area contributed by atoms with Crippen molar-refractivity contribution in [2.75, 3.05) is 4.90 Å². The molecule has 0 atom stereocenters. The number of hydrogen-bond acceptors (Lipinski definition) is 1. The highest BCUT2D eigenvalue weighted by molar-refractivity contribution is 6.05. The Kier molecular flexibility index (Phi) is 4.98. The minimum atomic E-state index is -0.144. The lowest BCUT2D eigenvalue weighted by molar-refractivity contribution is 0.597. The van der Waals surface area contributed by atoms with Gasteiger partial charge in [-0.3, -0.25) is 0 Å². The van der Waals surface area contributed by atoms with Crippen LogP contribution in [-0.2, 0) is 10.8 Å². The Bertz CT molecular complexity index is 1990. The van der Waals surface area contributed by atoms with Gasteiger partial charge in [-0.15, -0.1) is 0 Å². The van der Waals surface area contributed by atoms with Crippen molar-refractivity contribution < 1.29 is 0 Å². The van der Waals surface area contributed by atoms with Crippen molar-refractivity contribution in [1.82, 2.24) is 0 Å². The van der Waals surface area contributed by atoms with Gasteiger partial charge in [0.2, 0.25) is 0 Å². The fourth-order valence-corrected chi connectivity index (χ4v) is 7.47. The fourth-order valence-electron chi connectivity index (χ4n) is 7.47. The maximum atomic E-state index is 2.53. The Labute approximate surface area is 242 Å². The van der Waals surface area contributed by atoms with Gasteiger partial charge in [-0.25, -0.2) is 0 Å². The summed E-state index contributed by atoms with van der Waals surface area (Å²) >= 11 is 0. The molecule has 0 spiro atoms. The van der Waals surface area contributed by atoms with Crippen LogP contribution in [0.25, 0.3) is 33.0 Å². The first-order chi connectivity index (χ1) is 19.9. The van der Waals surface area contributed by atoms with E-state index >= 15 is 0 Å². The normalized spacial score (nSPS) is 15.7. The highest BCUT2D eigenvalue weighted by atomic mass is 15.2. The maximum absolute atomic E-state index is 2.53. The number of benzene rings is 6. The zero-order chi connectivity index (χ0) is 27.9. The Balaban J connectivity index is 1.36. The summed E-state index contributed by atoms with van der Waals surface area (Å²) in [6.45, 7) is 9.53. The van der Waals surface area contributed by atoms with Gasteiger partial charge >= 0.3 is 0 Å². The molecule has 6 aromatic carbocycles. The molecule has 0 aliphatic carbocycles. The number of fused-ring (bicyclic) bond motifs is 5. The summed E-state index contributed by atoms with van der Waals surface area (Å²) in [6.07, 6.45) is 0. The van der Waals surface area contributed by atoms with E-state index in [-0.39, 0.29) is 10.8 Å². The first-order valence-electron chi connectivity index (χ1n) is 14.6. The van der Waals surface area contributed by atoms with E-state index in [1.165, 1.54) is 72.3 Å². The van der Waals surface area contributed by atoms with Crippen LogP contribution >= 0.6 is 0 Å². The molecule has 2 aliphatic heterocycles. The monoisotopic (exact) mass is 527 g/mol. The predicted molar refractivity (Wildman–Crippen MR) is 174 cm³/mol. The van der Waals surface area contributed by atoms with Crippen LogP contribution in [0.15, 0.2) is 127 Å². The molecule has 1 heteroatoms. The minimum absolute atomic E-state index is 0.0641. The molecule has 41 heavy (non-hydrogen) atoms. The molecule has 0 fully saturated rings. The summed E-state index contributed by atoms with van der Waals surface area (Å²) < 4.78 is 0. The summed E-state index contributed by atoms with van der Waals surface area (Å²) in [5, 5.41) is 2.57. The van der Waals surface area contributed by atoms with Crippen LogP contribution in [-0.4, -0.2) is 0 Å². The lowest BCUT2D eigenvalue weighted by Gasteiger charge is -2.49. The zero-order valence-corrected chi connectivity index (χ0v) is 24.1. The number of rotatable bonds is 2. The Morgan fingerprint density at radius 3 is 1.66 bits per heavy atom. The highest BCUT2D eigenvalue weighted by Crippen LogP contribution is 2.60. The summed E-state index contributed by atoms with van der Waals surface area (Å²) in [7, 11) is 0. The third kappa shape index (κ3) is 3.29. The van der Waals surface area contributed by atoms with Crippen LogP contribution in [0, 0.1) is 0 Å². The van der Waals surface area contributed by atoms with E-state index in [1.807, 2.05) is 0 Å². The largest absolute Gasteiger partial charge is 0.309 e. The van der Waals surface area contributed by atoms with Crippen molar-refractivity contribution in [3.05, 3.63) is 150 Å². The van der Waals surface area contributed by atoms with E-state index in [0.717, 1.165) is 0 Å². The maximum Gasteiger partial charge on any atom is 0.0543 e. The van der Waals surface area contributed by atoms with Gasteiger partial charge in [-0.05, 0) is 73.5 Å². The Hall–Kier alpha value is -4.62. The van der Waals surface area contributed by atoms with Crippen molar-refractivity contribution in [3.8, 4) is 22.3 Å². The van der Waals surface area contributed by atoms with Gasteiger partial charge in [-0.2, -0.15) is 0 Å². The van der Waals surface area contributed by atoms with Crippen LogP contribution in [0.3, 0.4) is 0 Å². The average molecular weight is 528 g/mol. The molecule has 0 aromatic heterocycles. The van der Waals surface area contributed by atoms with Gasteiger partial charge in [0.05, 0.1) is 17.1 Å². The number of hydrogen-bond donors (Lipinski definition) is 0. The van der Waals surface area contributed by atoms with E-state index in [0.29, 0.717) is 0 Å². The summed E-state index contributed by atoms with van der Waals surface area (Å²) in [6, 6.07) is 47.2. The zero-order valence-electron chi connectivity index (χ0n) is 24.1. The highest BCUT2D eigenvalue weighted by Gasteiger charge is 2.45. The summed E-state index contributed by atoms with van der Waals surface area (Å²) in [5.41, 5.74) is 14.3. The molecule has 0 amide bonds. The first kappa shape index (κ1) is 24.2. The summed E-state index contributed by atoms with van der Waals surface area (Å²) in [4.78, 5) is 2.53. The number of anilines is 3. The lowest BCUT2D eigenvalue weighted by atomic mass is 9.66. The molecule has 8 rings (SSSR count). The number of nitrogens with zero attached hydrogens (tertiary/aromatic N) is 1. The topological polar surface area (TPSA) is 3.24 Å². The van der Waals surface area contributed by atoms with Crippen molar-refractivity contribution in [1.29, 1.82) is 0 Å². The molecular weight excluding hydrogens is 494 g/mol. The molecule has 0 saturated heterocycles. The second-order valence-corrected chi connectivity index (χ2v) is 12.6. The SMILES string of the molecule is CC1(C)c2ccccc2N2c3ccc(-c4ccc(-c5ccccc5)c5ccccc45)cc3C(C)(C)c3cccc1c32. The molecule has 198 valence electrons. The lowest BCUT2D eigenvalue weighted by Crippen LogP contribution is -2.38. The Morgan fingerprint density at radius 1 is 0.415 bits per heavy atom. The van der Waals surface area contributed by atoms with E-state index in [1.54, 1.807) is 0 Å². The molecular formula is C40H33N. The molecule has 0 saturated carbocycles. The van der Waals surface area contributed by atoms with Crippen LogP contribution in [0.2, 0.25) is 0 Å². The van der Waals surface area contributed by atoms with Crippen LogP contribution in [0.1, 0.15) is 49.9 Å². The minimum Gasteiger partial charge on any atom is -0.309 e. The predicted octanol–water partition coefficient (Wildman–Crippen LogP) is 10.9. The van der Waals surface area contributed by atoms with Crippen LogP contribution in [0.5, 0.6) is 0 Å². The third-order valence-electron chi connectivity index (χ3n) is 9.66. The van der Waals surface area contributed by atoms with Gasteiger partial charge in [0.15, 0.2) is 0 Å². The molecule has 0 unspecified atom stereocenters. The van der Waals surface area contributed by atoms with Crippen LogP contribution in [0.4, 0.5) is 17.1 Å². The van der Waals surface area contributed by atoms with Gasteiger partial charge in [-0.1, -0.05) is 137 Å². The van der Waals surface area contributed by atoms with Gasteiger partial charge < -0.3 is 4.90 Å². The second kappa shape index (κ2) is 8.44. The smallest absolute Gasteiger partial charge is 0.0543 e. The van der Waals surface area contributed by atoms with Crippen molar-refractivity contribution in [2.45, 2.75) is 38.5 Å². The van der Waals surface area contributed by atoms with E-state index < -0.39 is 0 Å². The summed E-state index contributed by atoms with van der Waals surface area (Å²) in [5.74, 6) is 0. The van der Waals surface area contributed by atoms with E-state index in [2.05, 4.69) is 160 Å². The van der Waals surface area contributed by atoms with E-state index in [9.17, 15) is 0 Å². The van der Waals surface area contributed by atoms with Crippen molar-refractivity contribution in [3.63, 3.8) is 0 Å². The molecule has 0 bridgehead atoms. The van der Waals surface area contributed by atoms with Gasteiger partial charge in [0.25, 0.3) is 0 Å². The van der Waals surface area contributed by atoms with Gasteiger partial charge in [0.1, 0.15) is 0 Å². The standard InChI is InChI=1S/C40H33N/c1-39(2)32-17-10-11-20-36(32)41-37-24-21-27(25-35(37)40(3,4)34-19-12-18-33(39)38(34)41)29-23-22-28(26-13-6-5-7-14-26)30-15-8-9-16-31(29)30/h5-25H,1-4H3. The first-order valence-corrected chi connectivity index (χ1v) is 14.6. The number of para-hydroxylation sites is 2. The molecule has 0 N–H and O–H groups in total. The molecule has 6 aromatic rings. The second-order valence-electron chi connectivity index (χ2n) is 12.6. The van der Waals surface area contributed by atoms with Crippen molar-refractivity contribution >= 4 is 27.8 Å². The third-order valence-corrected chi connectivity index (χ3v) is 9.66. The van der Waals surface area contributed by atoms with Crippen LogP contribution < -0.4 is 4.90 Å². The van der Waals surface area contributed by atoms with E-state index in [4.69, 9.17) is 0 Å². The molecule has 2 aliphatic rings. The molecule has 0 radical (unpaired) electrons. The average Bonchev–Trinajstić information content (AvgIpc) is 3.00.